The highest BCUT2D eigenvalue weighted by molar-refractivity contribution is 5.69. The van der Waals surface area contributed by atoms with E-state index >= 15 is 0 Å². The lowest BCUT2D eigenvalue weighted by atomic mass is 10.1. The molecule has 286 valence electrons. The van der Waals surface area contributed by atoms with Crippen LogP contribution in [-0.4, -0.2) is 92.5 Å². The fraction of sp³-hybridized carbons (Fsp3) is 0.706. The number of rotatable bonds is 15. The minimum Gasteiger partial charge on any atom is -0.463 e. The Morgan fingerprint density at radius 1 is 0.615 bits per heavy atom. The van der Waals surface area contributed by atoms with Crippen LogP contribution in [0.5, 0.6) is 0 Å². The third kappa shape index (κ3) is 8.80. The van der Waals surface area contributed by atoms with E-state index in [-0.39, 0.29) is 38.0 Å². The molecule has 0 radical (unpaired) electrons. The maximum absolute atomic E-state index is 12.5. The van der Waals surface area contributed by atoms with E-state index in [2.05, 4.69) is 9.97 Å². The van der Waals surface area contributed by atoms with Crippen LogP contribution in [-0.2, 0) is 47.5 Å². The lowest BCUT2D eigenvalue weighted by Crippen LogP contribution is -2.37. The van der Waals surface area contributed by atoms with Gasteiger partial charge in [-0.05, 0) is 40.5 Å². The molecule has 2 N–H and O–H groups in total. The maximum atomic E-state index is 12.5. The lowest BCUT2D eigenvalue weighted by Gasteiger charge is -2.24. The molecule has 0 aliphatic carbocycles. The smallest absolute Gasteiger partial charge is 0.330 e. The molecule has 0 aromatic carbocycles. The Hall–Kier alpha value is -3.94. The van der Waals surface area contributed by atoms with Gasteiger partial charge in [0.05, 0.1) is 0 Å². The van der Waals surface area contributed by atoms with Gasteiger partial charge in [0.25, 0.3) is 11.1 Å². The number of fused-ring (bicyclic) bond motifs is 2. The van der Waals surface area contributed by atoms with Gasteiger partial charge in [-0.1, -0.05) is 25.7 Å². The van der Waals surface area contributed by atoms with Gasteiger partial charge in [0, 0.05) is 37.4 Å². The van der Waals surface area contributed by atoms with E-state index in [4.69, 9.17) is 37.9 Å². The Kier molecular flexibility index (Phi) is 11.3. The van der Waals surface area contributed by atoms with Crippen LogP contribution in [0.15, 0.2) is 43.7 Å². The molecule has 4 fully saturated rings. The summed E-state index contributed by atoms with van der Waals surface area (Å²) in [6, 6.07) is 2.43. The molecule has 6 heterocycles. The largest absolute Gasteiger partial charge is 0.463 e. The highest BCUT2D eigenvalue weighted by Crippen LogP contribution is 2.44. The minimum atomic E-state index is -0.931. The van der Waals surface area contributed by atoms with Crippen LogP contribution >= 0.6 is 0 Å². The Morgan fingerprint density at radius 2 is 0.981 bits per heavy atom. The van der Waals surface area contributed by atoms with Crippen molar-refractivity contribution in [2.45, 2.75) is 140 Å². The molecule has 6 rings (SSSR count). The number of hydrogen-bond acceptors (Lipinski definition) is 14. The van der Waals surface area contributed by atoms with Crippen molar-refractivity contribution in [1.29, 1.82) is 0 Å². The molecule has 4 aliphatic heterocycles. The van der Waals surface area contributed by atoms with Gasteiger partial charge in [0.1, 0.15) is 49.8 Å². The number of hydrogen-bond donors (Lipinski definition) is 2. The number of unbranched alkanes of at least 4 members (excludes halogenated alkanes) is 5. The summed E-state index contributed by atoms with van der Waals surface area (Å²) in [5, 5.41) is 0. The van der Waals surface area contributed by atoms with E-state index in [1.165, 1.54) is 33.7 Å². The Bertz CT molecular complexity index is 1700. The van der Waals surface area contributed by atoms with Crippen molar-refractivity contribution < 1.29 is 47.5 Å². The molecule has 0 amide bonds. The summed E-state index contributed by atoms with van der Waals surface area (Å²) in [6.45, 7) is 6.83. The van der Waals surface area contributed by atoms with E-state index in [1.807, 2.05) is 0 Å². The van der Waals surface area contributed by atoms with E-state index in [9.17, 15) is 28.8 Å². The highest BCUT2D eigenvalue weighted by Gasteiger charge is 2.57. The molecule has 0 saturated carbocycles. The normalized spacial score (nSPS) is 29.8. The van der Waals surface area contributed by atoms with Crippen molar-refractivity contribution in [3.8, 4) is 0 Å². The second-order valence-electron chi connectivity index (χ2n) is 14.3. The first kappa shape index (κ1) is 37.8. The molecule has 18 nitrogen and oxygen atoms in total. The number of aromatic amines is 2. The molecule has 2 aromatic rings. The quantitative estimate of drug-likeness (QED) is 0.194. The monoisotopic (exact) mass is 734 g/mol. The first-order chi connectivity index (χ1) is 24.7. The third-order valence-corrected chi connectivity index (χ3v) is 9.33. The number of nitrogens with one attached hydrogen (secondary N) is 2. The minimum absolute atomic E-state index is 0.0767. The van der Waals surface area contributed by atoms with Gasteiger partial charge >= 0.3 is 23.3 Å². The zero-order valence-corrected chi connectivity index (χ0v) is 29.6. The van der Waals surface area contributed by atoms with E-state index in [0.29, 0.717) is 12.8 Å². The van der Waals surface area contributed by atoms with Crippen LogP contribution < -0.4 is 22.5 Å². The second-order valence-corrected chi connectivity index (χ2v) is 14.3. The topological polar surface area (TPSA) is 218 Å². The average Bonchev–Trinajstić information content (AvgIpc) is 3.76. The summed E-state index contributed by atoms with van der Waals surface area (Å²) in [7, 11) is 0. The molecule has 8 atom stereocenters. The molecule has 8 unspecified atom stereocenters. The highest BCUT2D eigenvalue weighted by atomic mass is 16.8. The molecule has 52 heavy (non-hydrogen) atoms. The number of aromatic nitrogens is 4. The van der Waals surface area contributed by atoms with Gasteiger partial charge in [-0.15, -0.1) is 0 Å². The number of H-pyrrole nitrogens is 2. The Balaban J connectivity index is 0.848. The Labute approximate surface area is 297 Å². The van der Waals surface area contributed by atoms with Crippen LogP contribution in [0.3, 0.4) is 0 Å². The van der Waals surface area contributed by atoms with Crippen molar-refractivity contribution in [2.75, 3.05) is 13.2 Å². The number of esters is 2. The van der Waals surface area contributed by atoms with Crippen molar-refractivity contribution in [3.05, 3.63) is 66.2 Å². The van der Waals surface area contributed by atoms with Gasteiger partial charge in [-0.2, -0.15) is 0 Å². The van der Waals surface area contributed by atoms with Crippen LogP contribution in [0.1, 0.15) is 91.5 Å². The number of carbonyl (C=O) groups is 2. The van der Waals surface area contributed by atoms with Gasteiger partial charge in [0.2, 0.25) is 0 Å². The number of ether oxygens (including phenoxy) is 8. The number of carbonyl (C=O) groups excluding carboxylic acids is 2. The predicted octanol–water partition coefficient (Wildman–Crippen LogP) is 1.13. The van der Waals surface area contributed by atoms with E-state index < -0.39 is 83.2 Å². The summed E-state index contributed by atoms with van der Waals surface area (Å²) in [5.41, 5.74) is -2.35. The van der Waals surface area contributed by atoms with Crippen LogP contribution in [0, 0.1) is 0 Å². The zero-order valence-electron chi connectivity index (χ0n) is 29.6. The fourth-order valence-electron chi connectivity index (χ4n) is 7.03. The van der Waals surface area contributed by atoms with Crippen molar-refractivity contribution >= 4 is 11.9 Å². The molecular weight excluding hydrogens is 688 g/mol. The Morgan fingerprint density at radius 3 is 1.37 bits per heavy atom. The molecule has 4 aliphatic rings. The molecular formula is C34H46N4O14. The van der Waals surface area contributed by atoms with Crippen molar-refractivity contribution in [1.82, 2.24) is 19.1 Å². The molecule has 0 bridgehead atoms. The second kappa shape index (κ2) is 15.6. The van der Waals surface area contributed by atoms with Gasteiger partial charge in [0.15, 0.2) is 24.0 Å². The average molecular weight is 735 g/mol. The summed E-state index contributed by atoms with van der Waals surface area (Å²) in [6.07, 6.45) is 2.27. The summed E-state index contributed by atoms with van der Waals surface area (Å²) < 4.78 is 49.4. The summed E-state index contributed by atoms with van der Waals surface area (Å²) in [5.74, 6) is -2.61. The fourth-order valence-corrected chi connectivity index (χ4v) is 7.03. The van der Waals surface area contributed by atoms with Crippen molar-refractivity contribution in [3.63, 3.8) is 0 Å². The number of nitrogens with zero attached hydrogens (tertiary/aromatic N) is 2. The molecule has 2 aromatic heterocycles. The van der Waals surface area contributed by atoms with Crippen LogP contribution in [0.25, 0.3) is 0 Å². The first-order valence-electron chi connectivity index (χ1n) is 17.7. The zero-order chi connectivity index (χ0) is 37.2. The molecule has 4 saturated heterocycles. The van der Waals surface area contributed by atoms with Gasteiger partial charge < -0.3 is 37.9 Å². The standard InChI is InChI=1S/C34H46N4O14/c1-33(2)49-25-19(47-29(27(25)51-33)37-15-13-21(39)35-31(37)43)17-45-23(41)11-9-7-5-6-8-10-12-24(42)46-18-20-26-28(52-34(3,4)50-26)30(48-20)38-16-14-22(40)36-32(38)44/h13-16,19-20,25-30H,5-12,17-18H2,1-4H3,(H,35,39,43)(H,36,40,44). The van der Waals surface area contributed by atoms with Crippen LogP contribution in [0.4, 0.5) is 0 Å². The first-order valence-corrected chi connectivity index (χ1v) is 17.7. The molecule has 0 spiro atoms. The summed E-state index contributed by atoms with van der Waals surface area (Å²) in [4.78, 5) is 77.2. The predicted molar refractivity (Wildman–Crippen MR) is 177 cm³/mol. The van der Waals surface area contributed by atoms with Crippen LogP contribution in [0.2, 0.25) is 0 Å². The summed E-state index contributed by atoms with van der Waals surface area (Å²) >= 11 is 0. The third-order valence-electron chi connectivity index (χ3n) is 9.33. The van der Waals surface area contributed by atoms with E-state index in [0.717, 1.165) is 25.7 Å². The maximum Gasteiger partial charge on any atom is 0.330 e. The van der Waals surface area contributed by atoms with E-state index in [1.54, 1.807) is 27.7 Å². The SMILES string of the molecule is CC1(C)OC2C(COC(=O)CCCCCCCCC(=O)OCC3OC(n4ccc(=O)[nH]c4=O)C4OC(C)(C)OC34)OC(n3ccc(=O)[nH]c3=O)C2O1. The van der Waals surface area contributed by atoms with Crippen molar-refractivity contribution in [2.24, 2.45) is 0 Å². The lowest BCUT2D eigenvalue weighted by molar-refractivity contribution is -0.203. The van der Waals surface area contributed by atoms with Gasteiger partial charge in [-0.25, -0.2) is 9.59 Å². The molecule has 18 heteroatoms. The van der Waals surface area contributed by atoms with Gasteiger partial charge in [-0.3, -0.25) is 38.3 Å².